The van der Waals surface area contributed by atoms with Gasteiger partial charge in [-0.3, -0.25) is 15.6 Å². The summed E-state index contributed by atoms with van der Waals surface area (Å²) in [4.78, 5) is 20.3. The second-order valence-corrected chi connectivity index (χ2v) is 5.85. The highest BCUT2D eigenvalue weighted by molar-refractivity contribution is 6.30. The number of nitrogen functional groups attached to an aromatic ring is 1. The summed E-state index contributed by atoms with van der Waals surface area (Å²) in [6.45, 7) is 0.566. The molecule has 0 aliphatic rings. The van der Waals surface area contributed by atoms with Gasteiger partial charge in [-0.15, -0.1) is 0 Å². The normalized spacial score (nSPS) is 10.2. The molecule has 1 amide bonds. The Morgan fingerprint density at radius 2 is 1.81 bits per heavy atom. The number of nitrogens with one attached hydrogen (secondary N) is 3. The molecule has 8 heteroatoms. The van der Waals surface area contributed by atoms with Crippen LogP contribution in [-0.2, 0) is 6.54 Å². The van der Waals surface area contributed by atoms with Gasteiger partial charge in [-0.05, 0) is 23.8 Å². The standard InChI is InChI=1S/C18H17ClN6O/c19-14-8-4-7-13(9-14)18(26)25-24-17-15(20)16(22-11-23-17)21-10-12-5-2-1-3-6-12/h1-9,11H,10,20H2,(H,25,26)(H2,21,22,23,24). The number of nitrogens with two attached hydrogens (primary N) is 1. The minimum atomic E-state index is -0.357. The topological polar surface area (TPSA) is 105 Å². The number of anilines is 3. The molecule has 26 heavy (non-hydrogen) atoms. The molecule has 0 saturated heterocycles. The first kappa shape index (κ1) is 17.5. The molecule has 132 valence electrons. The van der Waals surface area contributed by atoms with E-state index in [1.165, 1.54) is 6.33 Å². The largest absolute Gasteiger partial charge is 0.393 e. The molecule has 1 aromatic heterocycles. The van der Waals surface area contributed by atoms with Crippen LogP contribution in [0.3, 0.4) is 0 Å². The van der Waals surface area contributed by atoms with Crippen LogP contribution in [-0.4, -0.2) is 15.9 Å². The maximum atomic E-state index is 12.1. The molecule has 3 rings (SSSR count). The van der Waals surface area contributed by atoms with Crippen LogP contribution in [0.4, 0.5) is 17.3 Å². The van der Waals surface area contributed by atoms with E-state index in [-0.39, 0.29) is 5.91 Å². The third-order valence-corrected chi connectivity index (χ3v) is 3.80. The summed E-state index contributed by atoms with van der Waals surface area (Å²) in [6.07, 6.45) is 1.36. The van der Waals surface area contributed by atoms with E-state index >= 15 is 0 Å². The zero-order chi connectivity index (χ0) is 18.4. The highest BCUT2D eigenvalue weighted by atomic mass is 35.5. The minimum absolute atomic E-state index is 0.297. The van der Waals surface area contributed by atoms with Gasteiger partial charge in [-0.2, -0.15) is 0 Å². The summed E-state index contributed by atoms with van der Waals surface area (Å²) >= 11 is 5.89. The van der Waals surface area contributed by atoms with E-state index in [4.69, 9.17) is 17.3 Å². The highest BCUT2D eigenvalue weighted by Crippen LogP contribution is 2.22. The van der Waals surface area contributed by atoms with Crippen LogP contribution in [0.15, 0.2) is 60.9 Å². The van der Waals surface area contributed by atoms with Gasteiger partial charge in [-0.25, -0.2) is 9.97 Å². The summed E-state index contributed by atoms with van der Waals surface area (Å²) in [5, 5.41) is 3.63. The van der Waals surface area contributed by atoms with Crippen molar-refractivity contribution in [1.29, 1.82) is 0 Å². The first-order chi connectivity index (χ1) is 12.6. The average molecular weight is 369 g/mol. The molecular weight excluding hydrogens is 352 g/mol. The summed E-state index contributed by atoms with van der Waals surface area (Å²) in [7, 11) is 0. The molecule has 0 fully saturated rings. The molecule has 5 N–H and O–H groups in total. The maximum absolute atomic E-state index is 12.1. The first-order valence-electron chi connectivity index (χ1n) is 7.83. The van der Waals surface area contributed by atoms with E-state index in [1.54, 1.807) is 24.3 Å². The number of hydrogen-bond donors (Lipinski definition) is 4. The fourth-order valence-corrected chi connectivity index (χ4v) is 2.43. The van der Waals surface area contributed by atoms with Crippen LogP contribution in [0.1, 0.15) is 15.9 Å². The highest BCUT2D eigenvalue weighted by Gasteiger charge is 2.10. The quantitative estimate of drug-likeness (QED) is 0.498. The van der Waals surface area contributed by atoms with Gasteiger partial charge in [0.1, 0.15) is 12.0 Å². The predicted molar refractivity (Wildman–Crippen MR) is 103 cm³/mol. The Labute approximate surface area is 155 Å². The summed E-state index contributed by atoms with van der Waals surface area (Å²) in [5.41, 5.74) is 13.1. The van der Waals surface area contributed by atoms with Crippen LogP contribution in [0.5, 0.6) is 0 Å². The molecule has 0 radical (unpaired) electrons. The Morgan fingerprint density at radius 3 is 2.58 bits per heavy atom. The van der Waals surface area contributed by atoms with Crippen molar-refractivity contribution in [3.63, 3.8) is 0 Å². The van der Waals surface area contributed by atoms with Crippen LogP contribution < -0.4 is 21.9 Å². The lowest BCUT2D eigenvalue weighted by Crippen LogP contribution is -2.30. The van der Waals surface area contributed by atoms with Gasteiger partial charge >= 0.3 is 0 Å². The van der Waals surface area contributed by atoms with E-state index in [1.807, 2.05) is 30.3 Å². The lowest BCUT2D eigenvalue weighted by molar-refractivity contribution is 0.0962. The fourth-order valence-electron chi connectivity index (χ4n) is 2.24. The number of rotatable bonds is 6. The lowest BCUT2D eigenvalue weighted by atomic mass is 10.2. The number of benzene rings is 2. The van der Waals surface area contributed by atoms with Crippen LogP contribution >= 0.6 is 11.6 Å². The van der Waals surface area contributed by atoms with Gasteiger partial charge in [0.15, 0.2) is 11.6 Å². The summed E-state index contributed by atoms with van der Waals surface area (Å²) in [5.74, 6) is 0.415. The minimum Gasteiger partial charge on any atom is -0.393 e. The Bertz CT molecular complexity index is 903. The van der Waals surface area contributed by atoms with Crippen molar-refractivity contribution in [2.75, 3.05) is 16.5 Å². The van der Waals surface area contributed by atoms with E-state index in [9.17, 15) is 4.79 Å². The molecule has 0 spiro atoms. The monoisotopic (exact) mass is 368 g/mol. The Morgan fingerprint density at radius 1 is 1.04 bits per heavy atom. The lowest BCUT2D eigenvalue weighted by Gasteiger charge is -2.13. The van der Waals surface area contributed by atoms with E-state index in [0.29, 0.717) is 34.5 Å². The number of amides is 1. The Balaban J connectivity index is 1.64. The molecule has 0 bridgehead atoms. The Hall–Kier alpha value is -3.32. The van der Waals surface area contributed by atoms with Crippen molar-refractivity contribution in [2.45, 2.75) is 6.54 Å². The number of carbonyl (C=O) groups excluding carboxylic acids is 1. The van der Waals surface area contributed by atoms with Gasteiger partial charge in [0.05, 0.1) is 0 Å². The van der Waals surface area contributed by atoms with Crippen molar-refractivity contribution in [1.82, 2.24) is 15.4 Å². The van der Waals surface area contributed by atoms with Crippen LogP contribution in [0, 0.1) is 0 Å². The molecule has 3 aromatic rings. The molecule has 0 saturated carbocycles. The number of aromatic nitrogens is 2. The van der Waals surface area contributed by atoms with Crippen molar-refractivity contribution in [2.24, 2.45) is 0 Å². The van der Waals surface area contributed by atoms with Crippen molar-refractivity contribution >= 4 is 34.8 Å². The molecule has 2 aromatic carbocycles. The molecule has 0 atom stereocenters. The molecule has 1 heterocycles. The third kappa shape index (κ3) is 4.40. The maximum Gasteiger partial charge on any atom is 0.269 e. The second kappa shape index (κ2) is 8.17. The van der Waals surface area contributed by atoms with Gasteiger partial charge in [0.2, 0.25) is 0 Å². The van der Waals surface area contributed by atoms with Crippen molar-refractivity contribution < 1.29 is 4.79 Å². The summed E-state index contributed by atoms with van der Waals surface area (Å²) in [6, 6.07) is 16.5. The van der Waals surface area contributed by atoms with Crippen molar-refractivity contribution in [3.8, 4) is 0 Å². The first-order valence-corrected chi connectivity index (χ1v) is 8.21. The van der Waals surface area contributed by atoms with E-state index in [2.05, 4.69) is 26.1 Å². The average Bonchev–Trinajstić information content (AvgIpc) is 2.67. The number of nitrogens with zero attached hydrogens (tertiary/aromatic N) is 2. The second-order valence-electron chi connectivity index (χ2n) is 5.41. The van der Waals surface area contributed by atoms with Gasteiger partial charge in [0, 0.05) is 17.1 Å². The number of hydrazine groups is 1. The third-order valence-electron chi connectivity index (χ3n) is 3.57. The number of halogens is 1. The zero-order valence-electron chi connectivity index (χ0n) is 13.7. The van der Waals surface area contributed by atoms with Crippen molar-refractivity contribution in [3.05, 3.63) is 77.1 Å². The number of hydrogen-bond acceptors (Lipinski definition) is 6. The predicted octanol–water partition coefficient (Wildman–Crippen LogP) is 3.08. The SMILES string of the molecule is Nc1c(NCc2ccccc2)ncnc1NNC(=O)c1cccc(Cl)c1. The van der Waals surface area contributed by atoms with Gasteiger partial charge in [0.25, 0.3) is 5.91 Å². The summed E-state index contributed by atoms with van der Waals surface area (Å²) < 4.78 is 0. The van der Waals surface area contributed by atoms with Gasteiger partial charge in [-0.1, -0.05) is 48.0 Å². The molecule has 0 aliphatic heterocycles. The van der Waals surface area contributed by atoms with E-state index < -0.39 is 0 Å². The Kier molecular flexibility index (Phi) is 5.50. The fraction of sp³-hybridized carbons (Fsp3) is 0.0556. The smallest absolute Gasteiger partial charge is 0.269 e. The molecule has 0 aliphatic carbocycles. The molecule has 7 nitrogen and oxygen atoms in total. The zero-order valence-corrected chi connectivity index (χ0v) is 14.5. The number of carbonyl (C=O) groups is 1. The van der Waals surface area contributed by atoms with Crippen LogP contribution in [0.2, 0.25) is 5.02 Å². The van der Waals surface area contributed by atoms with Crippen LogP contribution in [0.25, 0.3) is 0 Å². The van der Waals surface area contributed by atoms with Gasteiger partial charge < -0.3 is 11.1 Å². The van der Waals surface area contributed by atoms with E-state index in [0.717, 1.165) is 5.56 Å². The molecule has 0 unspecified atom stereocenters. The molecular formula is C18H17ClN6O.